The molecule has 0 N–H and O–H groups in total. The summed E-state index contributed by atoms with van der Waals surface area (Å²) >= 11 is 0. The maximum Gasteiger partial charge on any atom is 0.122 e. The first kappa shape index (κ1) is 9.78. The zero-order valence-corrected chi connectivity index (χ0v) is 7.99. The van der Waals surface area contributed by atoms with Crippen molar-refractivity contribution < 1.29 is 9.53 Å². The quantitative estimate of drug-likeness (QED) is 0.662. The lowest BCUT2D eigenvalue weighted by Gasteiger charge is -2.12. The Hall–Kier alpha value is -1.31. The molecule has 0 saturated carbocycles. The number of aldehydes is 1. The topological polar surface area (TPSA) is 26.3 Å². The third kappa shape index (κ3) is 2.31. The Labute approximate surface area is 78.5 Å². The van der Waals surface area contributed by atoms with E-state index in [4.69, 9.17) is 4.74 Å². The molecule has 0 fully saturated rings. The highest BCUT2D eigenvalue weighted by Crippen LogP contribution is 2.27. The zero-order chi connectivity index (χ0) is 9.68. The van der Waals surface area contributed by atoms with Crippen molar-refractivity contribution in [3.05, 3.63) is 29.8 Å². The Bertz CT molecular complexity index is 281. The van der Waals surface area contributed by atoms with E-state index in [2.05, 4.69) is 0 Å². The molecule has 13 heavy (non-hydrogen) atoms. The van der Waals surface area contributed by atoms with E-state index in [0.29, 0.717) is 6.42 Å². The summed E-state index contributed by atoms with van der Waals surface area (Å²) in [6.07, 6.45) is 1.48. The summed E-state index contributed by atoms with van der Waals surface area (Å²) in [5.41, 5.74) is 1.09. The van der Waals surface area contributed by atoms with Gasteiger partial charge in [0.05, 0.1) is 7.11 Å². The SMILES string of the molecule is COc1ccccc1C(C)CC=O. The fraction of sp³-hybridized carbons (Fsp3) is 0.364. The van der Waals surface area contributed by atoms with Gasteiger partial charge in [0.1, 0.15) is 12.0 Å². The van der Waals surface area contributed by atoms with Crippen LogP contribution in [0.15, 0.2) is 24.3 Å². The van der Waals surface area contributed by atoms with E-state index < -0.39 is 0 Å². The van der Waals surface area contributed by atoms with Crippen LogP contribution in [0.3, 0.4) is 0 Å². The molecular weight excluding hydrogens is 164 g/mol. The highest BCUT2D eigenvalue weighted by atomic mass is 16.5. The maximum atomic E-state index is 10.3. The number of hydrogen-bond acceptors (Lipinski definition) is 2. The van der Waals surface area contributed by atoms with Crippen LogP contribution >= 0.6 is 0 Å². The molecule has 1 rings (SSSR count). The Kier molecular flexibility index (Phi) is 3.50. The van der Waals surface area contributed by atoms with Crippen molar-refractivity contribution in [2.45, 2.75) is 19.3 Å². The van der Waals surface area contributed by atoms with E-state index in [-0.39, 0.29) is 5.92 Å². The van der Waals surface area contributed by atoms with Crippen LogP contribution in [0, 0.1) is 0 Å². The zero-order valence-electron chi connectivity index (χ0n) is 7.99. The number of hydrogen-bond donors (Lipinski definition) is 0. The van der Waals surface area contributed by atoms with Crippen molar-refractivity contribution in [2.24, 2.45) is 0 Å². The predicted octanol–water partition coefficient (Wildman–Crippen LogP) is 2.39. The molecule has 0 spiro atoms. The molecule has 1 unspecified atom stereocenters. The molecule has 0 aliphatic heterocycles. The number of carbonyl (C=O) groups excluding carboxylic acids is 1. The molecule has 0 aliphatic rings. The van der Waals surface area contributed by atoms with E-state index >= 15 is 0 Å². The van der Waals surface area contributed by atoms with Gasteiger partial charge < -0.3 is 9.53 Å². The van der Waals surface area contributed by atoms with Crippen molar-refractivity contribution in [1.82, 2.24) is 0 Å². The molecule has 2 nitrogen and oxygen atoms in total. The van der Waals surface area contributed by atoms with Gasteiger partial charge in [-0.15, -0.1) is 0 Å². The van der Waals surface area contributed by atoms with E-state index in [1.807, 2.05) is 31.2 Å². The lowest BCUT2D eigenvalue weighted by Crippen LogP contribution is -1.97. The van der Waals surface area contributed by atoms with Crippen molar-refractivity contribution in [3.8, 4) is 5.75 Å². The average Bonchev–Trinajstić information content (AvgIpc) is 2.18. The normalized spacial score (nSPS) is 12.2. The minimum absolute atomic E-state index is 0.230. The molecule has 1 aromatic carbocycles. The lowest BCUT2D eigenvalue weighted by molar-refractivity contribution is -0.108. The third-order valence-electron chi connectivity index (χ3n) is 2.12. The highest BCUT2D eigenvalue weighted by molar-refractivity contribution is 5.52. The standard InChI is InChI=1S/C11H14O2/c1-9(7-8-12)10-5-3-4-6-11(10)13-2/h3-6,8-9H,7H2,1-2H3. The fourth-order valence-electron chi connectivity index (χ4n) is 1.34. The molecule has 0 aliphatic carbocycles. The van der Waals surface area contributed by atoms with Gasteiger partial charge in [-0.1, -0.05) is 25.1 Å². The second-order valence-corrected chi connectivity index (χ2v) is 3.05. The van der Waals surface area contributed by atoms with E-state index in [9.17, 15) is 4.79 Å². The van der Waals surface area contributed by atoms with Crippen LogP contribution in [0.4, 0.5) is 0 Å². The summed E-state index contributed by atoms with van der Waals surface area (Å²) in [6.45, 7) is 2.02. The summed E-state index contributed by atoms with van der Waals surface area (Å²) in [5.74, 6) is 1.09. The van der Waals surface area contributed by atoms with E-state index in [0.717, 1.165) is 17.6 Å². The number of methoxy groups -OCH3 is 1. The minimum Gasteiger partial charge on any atom is -0.496 e. The molecule has 1 atom stereocenters. The van der Waals surface area contributed by atoms with E-state index in [1.54, 1.807) is 7.11 Å². The van der Waals surface area contributed by atoms with Gasteiger partial charge in [0.25, 0.3) is 0 Å². The molecule has 1 aromatic rings. The summed E-state index contributed by atoms with van der Waals surface area (Å²) in [7, 11) is 1.65. The Morgan fingerprint density at radius 2 is 2.15 bits per heavy atom. The van der Waals surface area contributed by atoms with Crippen LogP contribution in [-0.4, -0.2) is 13.4 Å². The number of rotatable bonds is 4. The van der Waals surface area contributed by atoms with Crippen LogP contribution in [0.1, 0.15) is 24.8 Å². The summed E-state index contributed by atoms with van der Waals surface area (Å²) < 4.78 is 5.20. The lowest BCUT2D eigenvalue weighted by atomic mass is 9.98. The molecule has 70 valence electrons. The summed E-state index contributed by atoms with van der Waals surface area (Å²) in [5, 5.41) is 0. The van der Waals surface area contributed by atoms with Crippen molar-refractivity contribution in [3.63, 3.8) is 0 Å². The first-order valence-electron chi connectivity index (χ1n) is 4.36. The van der Waals surface area contributed by atoms with Crippen LogP contribution < -0.4 is 4.74 Å². The smallest absolute Gasteiger partial charge is 0.122 e. The van der Waals surface area contributed by atoms with Gasteiger partial charge >= 0.3 is 0 Å². The van der Waals surface area contributed by atoms with Gasteiger partial charge in [0.15, 0.2) is 0 Å². The number of benzene rings is 1. The molecule has 0 amide bonds. The van der Waals surface area contributed by atoms with Crippen LogP contribution in [0.25, 0.3) is 0 Å². The maximum absolute atomic E-state index is 10.3. The molecule has 0 aromatic heterocycles. The second kappa shape index (κ2) is 4.65. The number of para-hydroxylation sites is 1. The molecule has 2 heteroatoms. The van der Waals surface area contributed by atoms with Crippen LogP contribution in [0.5, 0.6) is 5.75 Å². The highest BCUT2D eigenvalue weighted by Gasteiger charge is 2.09. The predicted molar refractivity (Wildman–Crippen MR) is 52.1 cm³/mol. The van der Waals surface area contributed by atoms with Gasteiger partial charge in [-0.05, 0) is 17.5 Å². The summed E-state index contributed by atoms with van der Waals surface area (Å²) in [6, 6.07) is 7.79. The summed E-state index contributed by atoms with van der Waals surface area (Å²) in [4.78, 5) is 10.3. The molecule has 0 heterocycles. The second-order valence-electron chi connectivity index (χ2n) is 3.05. The largest absolute Gasteiger partial charge is 0.496 e. The van der Waals surface area contributed by atoms with Gasteiger partial charge in [-0.3, -0.25) is 0 Å². The monoisotopic (exact) mass is 178 g/mol. The van der Waals surface area contributed by atoms with Crippen molar-refractivity contribution in [1.29, 1.82) is 0 Å². The number of carbonyl (C=O) groups is 1. The van der Waals surface area contributed by atoms with Gasteiger partial charge in [-0.2, -0.15) is 0 Å². The Morgan fingerprint density at radius 1 is 1.46 bits per heavy atom. The molecule has 0 bridgehead atoms. The molecular formula is C11H14O2. The van der Waals surface area contributed by atoms with Crippen molar-refractivity contribution >= 4 is 6.29 Å². The Balaban J connectivity index is 2.91. The van der Waals surface area contributed by atoms with Gasteiger partial charge in [0, 0.05) is 6.42 Å². The first-order valence-corrected chi connectivity index (χ1v) is 4.36. The van der Waals surface area contributed by atoms with Gasteiger partial charge in [-0.25, -0.2) is 0 Å². The minimum atomic E-state index is 0.230. The van der Waals surface area contributed by atoms with Crippen LogP contribution in [0.2, 0.25) is 0 Å². The molecule has 0 radical (unpaired) electrons. The fourth-order valence-corrected chi connectivity index (χ4v) is 1.34. The first-order chi connectivity index (χ1) is 6.29. The Morgan fingerprint density at radius 3 is 2.77 bits per heavy atom. The number of ether oxygens (including phenoxy) is 1. The average molecular weight is 178 g/mol. The molecule has 0 saturated heterocycles. The van der Waals surface area contributed by atoms with Crippen LogP contribution in [-0.2, 0) is 4.79 Å². The van der Waals surface area contributed by atoms with E-state index in [1.165, 1.54) is 0 Å². The van der Waals surface area contributed by atoms with Crippen molar-refractivity contribution in [2.75, 3.05) is 7.11 Å². The third-order valence-corrected chi connectivity index (χ3v) is 2.12. The van der Waals surface area contributed by atoms with Gasteiger partial charge in [0.2, 0.25) is 0 Å².